The number of fused-ring (bicyclic) bond motifs is 1. The van der Waals surface area contributed by atoms with Crippen LogP contribution >= 0.6 is 22.6 Å². The van der Waals surface area contributed by atoms with E-state index in [1.165, 1.54) is 22.6 Å². The largest absolute Gasteiger partial charge is 0.315 e. The zero-order valence-corrected chi connectivity index (χ0v) is 9.49. The highest BCUT2D eigenvalue weighted by atomic mass is 127. The van der Waals surface area contributed by atoms with Crippen LogP contribution in [0.15, 0.2) is 9.59 Å². The molecule has 0 radical (unpaired) electrons. The number of hydrogen-bond donors (Lipinski definition) is 2. The summed E-state index contributed by atoms with van der Waals surface area (Å²) in [5.74, 6) is -4.64. The maximum Gasteiger partial charge on any atom is 0.314 e. The van der Waals surface area contributed by atoms with Crippen molar-refractivity contribution in [1.29, 1.82) is 0 Å². The third kappa shape index (κ3) is 1.44. The van der Waals surface area contributed by atoms with Crippen LogP contribution in [0.25, 0.3) is 11.0 Å². The lowest BCUT2D eigenvalue weighted by molar-refractivity contribution is 0.449. The van der Waals surface area contributed by atoms with Gasteiger partial charge < -0.3 is 9.97 Å². The Morgan fingerprint density at radius 2 is 1.31 bits per heavy atom. The van der Waals surface area contributed by atoms with Crippen LogP contribution in [-0.4, -0.2) is 9.97 Å². The maximum absolute atomic E-state index is 13.2. The van der Waals surface area contributed by atoms with Gasteiger partial charge in [0.2, 0.25) is 0 Å². The Bertz CT molecular complexity index is 646. The number of benzene rings is 1. The van der Waals surface area contributed by atoms with E-state index < -0.39 is 34.1 Å². The average Bonchev–Trinajstić information content (AvgIpc) is 2.26. The molecule has 0 fully saturated rings. The number of halogens is 4. The standard InChI is InChI=1S/C8H2F3IN2O2/c9-1-2(10)4(12)6-5(3(1)11)13-7(15)8(16)14-6/h(H,13,15)(H,14,16). The predicted molar refractivity (Wildman–Crippen MR) is 57.8 cm³/mol. The predicted octanol–water partition coefficient (Wildman–Crippen LogP) is 1.24. The molecule has 0 bridgehead atoms. The molecule has 1 aromatic carbocycles. The zero-order valence-electron chi connectivity index (χ0n) is 7.33. The quantitative estimate of drug-likeness (QED) is 0.328. The zero-order chi connectivity index (χ0) is 12.0. The van der Waals surface area contributed by atoms with Gasteiger partial charge in [0.15, 0.2) is 17.5 Å². The fourth-order valence-corrected chi connectivity index (χ4v) is 1.85. The molecule has 1 heterocycles. The molecule has 2 N–H and O–H groups in total. The summed E-state index contributed by atoms with van der Waals surface area (Å²) >= 11 is 1.40. The van der Waals surface area contributed by atoms with Crippen molar-refractivity contribution in [3.05, 3.63) is 41.7 Å². The van der Waals surface area contributed by atoms with Gasteiger partial charge in [0.25, 0.3) is 0 Å². The van der Waals surface area contributed by atoms with Gasteiger partial charge in [-0.05, 0) is 22.6 Å². The number of rotatable bonds is 0. The first-order valence-electron chi connectivity index (χ1n) is 3.91. The molecule has 1 aromatic heterocycles. The highest BCUT2D eigenvalue weighted by molar-refractivity contribution is 14.1. The molecule has 0 aliphatic rings. The van der Waals surface area contributed by atoms with E-state index in [-0.39, 0.29) is 9.09 Å². The van der Waals surface area contributed by atoms with Crippen molar-refractivity contribution >= 4 is 33.6 Å². The molecule has 0 saturated heterocycles. The van der Waals surface area contributed by atoms with Crippen LogP contribution in [0, 0.1) is 21.0 Å². The third-order valence-electron chi connectivity index (χ3n) is 1.95. The van der Waals surface area contributed by atoms with Gasteiger partial charge >= 0.3 is 11.1 Å². The van der Waals surface area contributed by atoms with Gasteiger partial charge in [-0.15, -0.1) is 0 Å². The van der Waals surface area contributed by atoms with E-state index in [0.29, 0.717) is 0 Å². The lowest BCUT2D eigenvalue weighted by atomic mass is 10.2. The summed E-state index contributed by atoms with van der Waals surface area (Å²) < 4.78 is 39.0. The van der Waals surface area contributed by atoms with Crippen molar-refractivity contribution in [2.45, 2.75) is 0 Å². The first kappa shape index (κ1) is 11.2. The Labute approximate surface area is 98.6 Å². The van der Waals surface area contributed by atoms with Crippen molar-refractivity contribution in [2.75, 3.05) is 0 Å². The molecule has 0 unspecified atom stereocenters. The summed E-state index contributed by atoms with van der Waals surface area (Å²) in [6.45, 7) is 0. The van der Waals surface area contributed by atoms with E-state index in [1.54, 1.807) is 0 Å². The average molecular weight is 342 g/mol. The molecular weight excluding hydrogens is 340 g/mol. The number of aromatic nitrogens is 2. The van der Waals surface area contributed by atoms with E-state index in [9.17, 15) is 22.8 Å². The van der Waals surface area contributed by atoms with Crippen molar-refractivity contribution in [3.8, 4) is 0 Å². The second-order valence-corrected chi connectivity index (χ2v) is 3.99. The minimum atomic E-state index is -1.69. The summed E-state index contributed by atoms with van der Waals surface area (Å²) in [7, 11) is 0. The molecule has 0 saturated carbocycles. The second-order valence-electron chi connectivity index (χ2n) is 2.91. The third-order valence-corrected chi connectivity index (χ3v) is 2.96. The smallest absolute Gasteiger partial charge is 0.314 e. The fourth-order valence-electron chi connectivity index (χ4n) is 1.21. The van der Waals surface area contributed by atoms with Gasteiger partial charge in [0.05, 0.1) is 9.09 Å². The maximum atomic E-state index is 13.2. The lowest BCUT2D eigenvalue weighted by Gasteiger charge is -2.04. The van der Waals surface area contributed by atoms with Crippen LogP contribution in [-0.2, 0) is 0 Å². The molecule has 0 aliphatic heterocycles. The molecule has 0 spiro atoms. The molecule has 84 valence electrons. The van der Waals surface area contributed by atoms with Crippen molar-refractivity contribution < 1.29 is 13.2 Å². The van der Waals surface area contributed by atoms with Gasteiger partial charge in [-0.2, -0.15) is 0 Å². The first-order chi connectivity index (χ1) is 7.43. The topological polar surface area (TPSA) is 65.7 Å². The van der Waals surface area contributed by atoms with Crippen LogP contribution in [0.2, 0.25) is 0 Å². The number of nitrogens with one attached hydrogen (secondary N) is 2. The minimum absolute atomic E-state index is 0.276. The first-order valence-corrected chi connectivity index (χ1v) is 4.99. The highest BCUT2D eigenvalue weighted by Crippen LogP contribution is 2.24. The summed E-state index contributed by atoms with van der Waals surface area (Å²) in [6.07, 6.45) is 0. The van der Waals surface area contributed by atoms with E-state index in [1.807, 2.05) is 9.97 Å². The summed E-state index contributed by atoms with van der Waals surface area (Å²) in [6, 6.07) is 0. The number of aromatic amines is 2. The van der Waals surface area contributed by atoms with Gasteiger partial charge in [-0.25, -0.2) is 13.2 Å². The van der Waals surface area contributed by atoms with Crippen LogP contribution in [0.1, 0.15) is 0 Å². The van der Waals surface area contributed by atoms with E-state index >= 15 is 0 Å². The molecule has 8 heteroatoms. The number of hydrogen-bond acceptors (Lipinski definition) is 2. The molecule has 0 amide bonds. The summed E-state index contributed by atoms with van der Waals surface area (Å²) in [5.41, 5.74) is -3.03. The Balaban J connectivity index is 3.15. The minimum Gasteiger partial charge on any atom is -0.315 e. The Morgan fingerprint density at radius 3 is 1.88 bits per heavy atom. The van der Waals surface area contributed by atoms with Gasteiger partial charge in [-0.3, -0.25) is 9.59 Å². The number of H-pyrrole nitrogens is 2. The second kappa shape index (κ2) is 3.61. The van der Waals surface area contributed by atoms with Crippen molar-refractivity contribution in [2.24, 2.45) is 0 Å². The van der Waals surface area contributed by atoms with E-state index in [0.717, 1.165) is 0 Å². The van der Waals surface area contributed by atoms with Crippen LogP contribution in [0.4, 0.5) is 13.2 Å². The normalized spacial score (nSPS) is 11.0. The molecule has 16 heavy (non-hydrogen) atoms. The van der Waals surface area contributed by atoms with Crippen LogP contribution in [0.3, 0.4) is 0 Å². The van der Waals surface area contributed by atoms with Crippen LogP contribution < -0.4 is 11.1 Å². The molecule has 2 aromatic rings. The van der Waals surface area contributed by atoms with Crippen molar-refractivity contribution in [1.82, 2.24) is 9.97 Å². The summed E-state index contributed by atoms with van der Waals surface area (Å²) in [5, 5.41) is 0. The van der Waals surface area contributed by atoms with E-state index in [4.69, 9.17) is 0 Å². The molecule has 2 rings (SSSR count). The SMILES string of the molecule is O=c1[nH]c2c(F)c(F)c(F)c(I)c2[nH]c1=O. The Hall–Kier alpha value is -1.32. The summed E-state index contributed by atoms with van der Waals surface area (Å²) in [4.78, 5) is 25.7. The van der Waals surface area contributed by atoms with Gasteiger partial charge in [0.1, 0.15) is 5.52 Å². The van der Waals surface area contributed by atoms with Crippen molar-refractivity contribution in [3.63, 3.8) is 0 Å². The molecule has 0 atom stereocenters. The fraction of sp³-hybridized carbons (Fsp3) is 0. The van der Waals surface area contributed by atoms with Gasteiger partial charge in [0, 0.05) is 0 Å². The highest BCUT2D eigenvalue weighted by Gasteiger charge is 2.20. The molecular formula is C8H2F3IN2O2. The lowest BCUT2D eigenvalue weighted by Crippen LogP contribution is -2.29. The Kier molecular flexibility index (Phi) is 2.52. The van der Waals surface area contributed by atoms with Gasteiger partial charge in [-0.1, -0.05) is 0 Å². The molecule has 4 nitrogen and oxygen atoms in total. The molecule has 0 aliphatic carbocycles. The monoisotopic (exact) mass is 342 g/mol. The Morgan fingerprint density at radius 1 is 0.812 bits per heavy atom. The van der Waals surface area contributed by atoms with Crippen LogP contribution in [0.5, 0.6) is 0 Å². The van der Waals surface area contributed by atoms with E-state index in [2.05, 4.69) is 0 Å².